The summed E-state index contributed by atoms with van der Waals surface area (Å²) in [5.41, 5.74) is 5.51. The van der Waals surface area contributed by atoms with E-state index in [4.69, 9.17) is 16.0 Å². The zero-order valence-electron chi connectivity index (χ0n) is 10.2. The van der Waals surface area contributed by atoms with Crippen molar-refractivity contribution in [2.45, 2.75) is 26.2 Å². The molecule has 6 heteroatoms. The van der Waals surface area contributed by atoms with Crippen LogP contribution in [0.4, 0.5) is 0 Å². The van der Waals surface area contributed by atoms with Crippen molar-refractivity contribution in [3.05, 3.63) is 0 Å². The number of hydrogen-bond donors (Lipinski definition) is 3. The van der Waals surface area contributed by atoms with Crippen LogP contribution in [0, 0.1) is 11.8 Å². The third-order valence-corrected chi connectivity index (χ3v) is 3.27. The van der Waals surface area contributed by atoms with E-state index in [1.165, 1.54) is 0 Å². The number of amides is 1. The van der Waals surface area contributed by atoms with Crippen molar-refractivity contribution in [3.63, 3.8) is 0 Å². The van der Waals surface area contributed by atoms with Crippen molar-refractivity contribution in [1.29, 1.82) is 0 Å². The summed E-state index contributed by atoms with van der Waals surface area (Å²) in [6.07, 6.45) is 2.35. The van der Waals surface area contributed by atoms with Crippen LogP contribution in [-0.2, 0) is 4.79 Å². The Bertz CT molecular complexity index is 294. The topological polar surface area (TPSA) is 99.2 Å². The minimum Gasteiger partial charge on any atom is -0.409 e. The number of amidine groups is 1. The van der Waals surface area contributed by atoms with Crippen LogP contribution >= 0.6 is 0 Å². The number of carbonyl (C=O) groups is 1. The van der Waals surface area contributed by atoms with E-state index >= 15 is 0 Å². The van der Waals surface area contributed by atoms with Crippen molar-refractivity contribution in [3.8, 4) is 0 Å². The molecule has 1 aliphatic rings. The molecule has 1 saturated heterocycles. The van der Waals surface area contributed by atoms with E-state index in [-0.39, 0.29) is 24.3 Å². The molecule has 0 radical (unpaired) electrons. The quantitative estimate of drug-likeness (QED) is 0.280. The predicted molar refractivity (Wildman–Crippen MR) is 63.6 cm³/mol. The van der Waals surface area contributed by atoms with Gasteiger partial charge in [-0.05, 0) is 25.2 Å². The monoisotopic (exact) mass is 243 g/mol. The fraction of sp³-hybridized carbons (Fsp3) is 0.818. The van der Waals surface area contributed by atoms with Crippen LogP contribution < -0.4 is 5.73 Å². The summed E-state index contributed by atoms with van der Waals surface area (Å²) in [7, 11) is 0. The smallest absolute Gasteiger partial charge is 0.233 e. The summed E-state index contributed by atoms with van der Waals surface area (Å²) in [5.74, 6) is -0.556. The van der Waals surface area contributed by atoms with Crippen molar-refractivity contribution in [1.82, 2.24) is 4.90 Å². The van der Waals surface area contributed by atoms with Crippen LogP contribution in [0.3, 0.4) is 0 Å². The van der Waals surface area contributed by atoms with Crippen LogP contribution in [0.2, 0.25) is 0 Å². The highest BCUT2D eigenvalue weighted by Crippen LogP contribution is 2.19. The van der Waals surface area contributed by atoms with E-state index in [9.17, 15) is 4.79 Å². The first-order chi connectivity index (χ1) is 8.13. The van der Waals surface area contributed by atoms with Gasteiger partial charge >= 0.3 is 0 Å². The molecule has 1 amide bonds. The Morgan fingerprint density at radius 2 is 2.35 bits per heavy atom. The van der Waals surface area contributed by atoms with Crippen molar-refractivity contribution in [2.75, 3.05) is 19.7 Å². The van der Waals surface area contributed by atoms with Gasteiger partial charge in [-0.2, -0.15) is 0 Å². The summed E-state index contributed by atoms with van der Waals surface area (Å²) in [5, 5.41) is 20.7. The van der Waals surface area contributed by atoms with Crippen molar-refractivity contribution in [2.24, 2.45) is 22.7 Å². The zero-order chi connectivity index (χ0) is 12.8. The molecule has 0 saturated carbocycles. The van der Waals surface area contributed by atoms with Gasteiger partial charge in [0.2, 0.25) is 5.91 Å². The molecule has 17 heavy (non-hydrogen) atoms. The number of rotatable bonds is 4. The summed E-state index contributed by atoms with van der Waals surface area (Å²) >= 11 is 0. The number of hydrogen-bond acceptors (Lipinski definition) is 4. The fourth-order valence-electron chi connectivity index (χ4n) is 2.21. The van der Waals surface area contributed by atoms with Gasteiger partial charge in [0.1, 0.15) is 0 Å². The standard InChI is InChI=1S/C11H21N3O3/c1-2-9(10(12)13-17)11(16)14-5-3-4-8(6-14)7-15/h8-9,15,17H,2-7H2,1H3,(H2,12,13). The minimum atomic E-state index is -0.558. The molecule has 1 fully saturated rings. The molecule has 1 aliphatic heterocycles. The molecule has 6 nitrogen and oxygen atoms in total. The lowest BCUT2D eigenvalue weighted by molar-refractivity contribution is -0.135. The van der Waals surface area contributed by atoms with E-state index in [2.05, 4.69) is 5.16 Å². The molecular weight excluding hydrogens is 222 g/mol. The molecule has 1 heterocycles. The lowest BCUT2D eigenvalue weighted by Crippen LogP contribution is -2.46. The fourth-order valence-corrected chi connectivity index (χ4v) is 2.21. The number of aliphatic hydroxyl groups is 1. The molecule has 0 bridgehead atoms. The summed E-state index contributed by atoms with van der Waals surface area (Å²) < 4.78 is 0. The van der Waals surface area contributed by atoms with Crippen molar-refractivity contribution < 1.29 is 15.1 Å². The summed E-state index contributed by atoms with van der Waals surface area (Å²) in [6.45, 7) is 3.17. The molecule has 4 N–H and O–H groups in total. The zero-order valence-corrected chi connectivity index (χ0v) is 10.2. The number of nitrogens with zero attached hydrogens (tertiary/aromatic N) is 2. The van der Waals surface area contributed by atoms with E-state index in [0.717, 1.165) is 12.8 Å². The largest absolute Gasteiger partial charge is 0.409 e. The Hall–Kier alpha value is -1.30. The summed E-state index contributed by atoms with van der Waals surface area (Å²) in [4.78, 5) is 13.9. The van der Waals surface area contributed by atoms with Gasteiger partial charge in [-0.3, -0.25) is 4.79 Å². The minimum absolute atomic E-state index is 0.0383. The van der Waals surface area contributed by atoms with E-state index in [0.29, 0.717) is 19.5 Å². The third kappa shape index (κ3) is 3.33. The average molecular weight is 243 g/mol. The maximum Gasteiger partial charge on any atom is 0.233 e. The molecule has 2 unspecified atom stereocenters. The second-order valence-corrected chi connectivity index (χ2v) is 4.46. The second kappa shape index (κ2) is 6.44. The molecule has 0 aliphatic carbocycles. The Kier molecular flexibility index (Phi) is 5.21. The van der Waals surface area contributed by atoms with Gasteiger partial charge in [0.25, 0.3) is 0 Å². The molecular formula is C11H21N3O3. The third-order valence-electron chi connectivity index (χ3n) is 3.27. The Morgan fingerprint density at radius 1 is 1.65 bits per heavy atom. The van der Waals surface area contributed by atoms with Crippen LogP contribution in [0.5, 0.6) is 0 Å². The average Bonchev–Trinajstić information content (AvgIpc) is 2.39. The number of carbonyl (C=O) groups excluding carboxylic acids is 1. The first-order valence-electron chi connectivity index (χ1n) is 6.01. The molecule has 0 aromatic carbocycles. The lowest BCUT2D eigenvalue weighted by Gasteiger charge is -2.33. The normalized spacial score (nSPS) is 23.5. The van der Waals surface area contributed by atoms with Gasteiger partial charge in [-0.15, -0.1) is 0 Å². The van der Waals surface area contributed by atoms with Crippen LogP contribution in [-0.4, -0.2) is 46.7 Å². The highest BCUT2D eigenvalue weighted by molar-refractivity contribution is 6.02. The maximum absolute atomic E-state index is 12.2. The van der Waals surface area contributed by atoms with E-state index in [1.54, 1.807) is 4.90 Å². The molecule has 0 aromatic heterocycles. The van der Waals surface area contributed by atoms with Crippen LogP contribution in [0.15, 0.2) is 5.16 Å². The number of oxime groups is 1. The Balaban J connectivity index is 2.67. The maximum atomic E-state index is 12.2. The van der Waals surface area contributed by atoms with Crippen molar-refractivity contribution >= 4 is 11.7 Å². The highest BCUT2D eigenvalue weighted by atomic mass is 16.4. The van der Waals surface area contributed by atoms with Gasteiger partial charge in [0, 0.05) is 19.7 Å². The van der Waals surface area contributed by atoms with Crippen LogP contribution in [0.25, 0.3) is 0 Å². The van der Waals surface area contributed by atoms with Crippen LogP contribution in [0.1, 0.15) is 26.2 Å². The number of aliphatic hydroxyl groups excluding tert-OH is 1. The highest BCUT2D eigenvalue weighted by Gasteiger charge is 2.30. The van der Waals surface area contributed by atoms with Gasteiger partial charge in [-0.25, -0.2) is 0 Å². The Morgan fingerprint density at radius 3 is 2.88 bits per heavy atom. The van der Waals surface area contributed by atoms with E-state index < -0.39 is 5.92 Å². The van der Waals surface area contributed by atoms with Gasteiger partial charge in [-0.1, -0.05) is 12.1 Å². The van der Waals surface area contributed by atoms with Gasteiger partial charge < -0.3 is 20.9 Å². The number of likely N-dealkylation sites (tertiary alicyclic amines) is 1. The molecule has 1 rings (SSSR count). The predicted octanol–water partition coefficient (Wildman–Crippen LogP) is -0.0101. The summed E-state index contributed by atoms with van der Waals surface area (Å²) in [6, 6.07) is 0. The van der Waals surface area contributed by atoms with Gasteiger partial charge in [0.15, 0.2) is 5.84 Å². The molecule has 98 valence electrons. The lowest BCUT2D eigenvalue weighted by atomic mass is 9.96. The number of piperidine rings is 1. The SMILES string of the molecule is CCC(C(=O)N1CCCC(CO)C1)/C(N)=N/O. The Labute approximate surface area is 101 Å². The first-order valence-corrected chi connectivity index (χ1v) is 6.01. The second-order valence-electron chi connectivity index (χ2n) is 4.46. The molecule has 0 aromatic rings. The molecule has 0 spiro atoms. The van der Waals surface area contributed by atoms with E-state index in [1.807, 2.05) is 6.92 Å². The first kappa shape index (κ1) is 13.8. The molecule has 2 atom stereocenters. The number of nitrogens with two attached hydrogens (primary N) is 1. The van der Waals surface area contributed by atoms with Gasteiger partial charge in [0.05, 0.1) is 5.92 Å².